The standard InChI is InChI=1S/C20H18BrN5O5/c21-16-13-25(22-18(16)26(29)30)12-14-3-1-4-15(11-14)19(27)23-6-8-24(9-7-23)20(28)17-5-2-10-31-17/h1-5,10-11,13H,6-9,12H2. The van der Waals surface area contributed by atoms with Gasteiger partial charge in [-0.1, -0.05) is 12.1 Å². The SMILES string of the molecule is O=C(c1cccc(Cn2cc(Br)c([N+](=O)[O-])n2)c1)N1CCN(C(=O)c2ccco2)CC1. The molecule has 2 amide bonds. The van der Waals surface area contributed by atoms with Crippen molar-refractivity contribution in [1.82, 2.24) is 19.6 Å². The van der Waals surface area contributed by atoms with Gasteiger partial charge < -0.3 is 24.3 Å². The van der Waals surface area contributed by atoms with E-state index >= 15 is 0 Å². The number of furan rings is 1. The molecule has 0 radical (unpaired) electrons. The molecule has 1 saturated heterocycles. The molecule has 3 heterocycles. The van der Waals surface area contributed by atoms with Crippen molar-refractivity contribution in [3.05, 3.63) is 80.3 Å². The molecule has 0 unspecified atom stereocenters. The highest BCUT2D eigenvalue weighted by Gasteiger charge is 2.27. The molecule has 0 aliphatic carbocycles. The van der Waals surface area contributed by atoms with Crippen molar-refractivity contribution in [2.24, 2.45) is 0 Å². The summed E-state index contributed by atoms with van der Waals surface area (Å²) in [6, 6.07) is 10.4. The quantitative estimate of drug-likeness (QED) is 0.403. The molecule has 10 nitrogen and oxygen atoms in total. The van der Waals surface area contributed by atoms with Gasteiger partial charge in [-0.2, -0.15) is 4.68 Å². The molecule has 0 saturated carbocycles. The second kappa shape index (κ2) is 8.72. The number of nitro groups is 1. The first kappa shape index (κ1) is 20.8. The predicted molar refractivity (Wildman–Crippen MR) is 113 cm³/mol. The van der Waals surface area contributed by atoms with Crippen LogP contribution in [0.25, 0.3) is 0 Å². The maximum Gasteiger partial charge on any atom is 0.404 e. The zero-order chi connectivity index (χ0) is 22.0. The summed E-state index contributed by atoms with van der Waals surface area (Å²) in [5.74, 6) is -0.273. The van der Waals surface area contributed by atoms with Gasteiger partial charge in [-0.3, -0.25) is 9.59 Å². The number of hydrogen-bond acceptors (Lipinski definition) is 6. The zero-order valence-corrected chi connectivity index (χ0v) is 17.9. The average molecular weight is 488 g/mol. The minimum atomic E-state index is -0.559. The van der Waals surface area contributed by atoms with Crippen LogP contribution in [0.5, 0.6) is 0 Å². The van der Waals surface area contributed by atoms with Gasteiger partial charge in [0.2, 0.25) is 0 Å². The maximum atomic E-state index is 12.9. The van der Waals surface area contributed by atoms with Crippen molar-refractivity contribution < 1.29 is 18.9 Å². The molecule has 1 aliphatic heterocycles. The highest BCUT2D eigenvalue weighted by atomic mass is 79.9. The Kier molecular flexibility index (Phi) is 5.85. The number of benzene rings is 1. The van der Waals surface area contributed by atoms with E-state index in [2.05, 4.69) is 21.0 Å². The molecule has 31 heavy (non-hydrogen) atoms. The Bertz CT molecular complexity index is 1120. The average Bonchev–Trinajstić information content (AvgIpc) is 3.43. The maximum absolute atomic E-state index is 12.9. The normalized spacial score (nSPS) is 14.0. The van der Waals surface area contributed by atoms with Gasteiger partial charge in [-0.05, 0) is 50.7 Å². The summed E-state index contributed by atoms with van der Waals surface area (Å²) in [6.07, 6.45) is 2.99. The Morgan fingerprint density at radius 1 is 1.10 bits per heavy atom. The molecule has 3 aromatic rings. The fraction of sp³-hybridized carbons (Fsp3) is 0.250. The van der Waals surface area contributed by atoms with E-state index in [4.69, 9.17) is 4.42 Å². The van der Waals surface area contributed by atoms with E-state index in [0.717, 1.165) is 5.56 Å². The second-order valence-corrected chi connectivity index (χ2v) is 7.87. The smallest absolute Gasteiger partial charge is 0.404 e. The zero-order valence-electron chi connectivity index (χ0n) is 16.3. The molecule has 11 heteroatoms. The summed E-state index contributed by atoms with van der Waals surface area (Å²) >= 11 is 3.13. The molecule has 2 aromatic heterocycles. The number of halogens is 1. The highest BCUT2D eigenvalue weighted by Crippen LogP contribution is 2.23. The Morgan fingerprint density at radius 2 is 1.81 bits per heavy atom. The molecule has 0 bridgehead atoms. The Balaban J connectivity index is 1.40. The molecule has 0 N–H and O–H groups in total. The van der Waals surface area contributed by atoms with Gasteiger partial charge in [-0.25, -0.2) is 0 Å². The van der Waals surface area contributed by atoms with Crippen LogP contribution in [0.3, 0.4) is 0 Å². The molecular weight excluding hydrogens is 470 g/mol. The first-order chi connectivity index (χ1) is 14.9. The van der Waals surface area contributed by atoms with E-state index in [0.29, 0.717) is 42.8 Å². The third kappa shape index (κ3) is 4.50. The number of aromatic nitrogens is 2. The predicted octanol–water partition coefficient (Wildman–Crippen LogP) is 2.79. The highest BCUT2D eigenvalue weighted by molar-refractivity contribution is 9.10. The number of hydrogen-bond donors (Lipinski definition) is 0. The number of carbonyl (C=O) groups excluding carboxylic acids is 2. The van der Waals surface area contributed by atoms with Crippen LogP contribution >= 0.6 is 15.9 Å². The van der Waals surface area contributed by atoms with Crippen LogP contribution in [0.15, 0.2) is 57.7 Å². The lowest BCUT2D eigenvalue weighted by molar-refractivity contribution is -0.390. The van der Waals surface area contributed by atoms with Gasteiger partial charge in [0.05, 0.1) is 24.1 Å². The third-order valence-electron chi connectivity index (χ3n) is 4.98. The summed E-state index contributed by atoms with van der Waals surface area (Å²) in [7, 11) is 0. The minimum absolute atomic E-state index is 0.125. The topological polar surface area (TPSA) is 115 Å². The second-order valence-electron chi connectivity index (χ2n) is 7.02. The number of nitrogens with zero attached hydrogens (tertiary/aromatic N) is 5. The number of amides is 2. The molecule has 0 atom stereocenters. The lowest BCUT2D eigenvalue weighted by Crippen LogP contribution is -2.50. The largest absolute Gasteiger partial charge is 0.459 e. The molecule has 1 fully saturated rings. The van der Waals surface area contributed by atoms with Crippen molar-refractivity contribution in [3.63, 3.8) is 0 Å². The van der Waals surface area contributed by atoms with Crippen molar-refractivity contribution in [1.29, 1.82) is 0 Å². The van der Waals surface area contributed by atoms with E-state index in [1.165, 1.54) is 17.1 Å². The van der Waals surface area contributed by atoms with Crippen LogP contribution in [-0.2, 0) is 6.54 Å². The van der Waals surface area contributed by atoms with Gasteiger partial charge in [0, 0.05) is 31.7 Å². The molecule has 1 aliphatic rings. The lowest BCUT2D eigenvalue weighted by Gasteiger charge is -2.34. The van der Waals surface area contributed by atoms with E-state index in [1.54, 1.807) is 40.1 Å². The fourth-order valence-corrected chi connectivity index (χ4v) is 3.89. The molecule has 0 spiro atoms. The first-order valence-corrected chi connectivity index (χ1v) is 10.3. The lowest BCUT2D eigenvalue weighted by atomic mass is 10.1. The Hall–Kier alpha value is -3.47. The summed E-state index contributed by atoms with van der Waals surface area (Å²) in [6.45, 7) is 1.99. The van der Waals surface area contributed by atoms with Crippen LogP contribution in [0.1, 0.15) is 26.5 Å². The van der Waals surface area contributed by atoms with Crippen LogP contribution in [0, 0.1) is 10.1 Å². The molecular formula is C20H18BrN5O5. The summed E-state index contributed by atoms with van der Waals surface area (Å²) in [5, 5.41) is 14.9. The summed E-state index contributed by atoms with van der Waals surface area (Å²) < 4.78 is 6.90. The van der Waals surface area contributed by atoms with E-state index in [1.807, 2.05) is 6.07 Å². The monoisotopic (exact) mass is 487 g/mol. The summed E-state index contributed by atoms with van der Waals surface area (Å²) in [5.41, 5.74) is 1.31. The van der Waals surface area contributed by atoms with Crippen LogP contribution in [-0.4, -0.2) is 62.5 Å². The van der Waals surface area contributed by atoms with Crippen LogP contribution in [0.2, 0.25) is 0 Å². The Labute approximate surface area is 185 Å². The van der Waals surface area contributed by atoms with E-state index < -0.39 is 4.92 Å². The molecule has 1 aromatic carbocycles. The van der Waals surface area contributed by atoms with E-state index in [-0.39, 0.29) is 23.4 Å². The van der Waals surface area contributed by atoms with Gasteiger partial charge in [-0.15, -0.1) is 0 Å². The van der Waals surface area contributed by atoms with Crippen molar-refractivity contribution in [3.8, 4) is 0 Å². The van der Waals surface area contributed by atoms with Crippen molar-refractivity contribution in [2.75, 3.05) is 26.2 Å². The fourth-order valence-electron chi connectivity index (χ4n) is 3.43. The van der Waals surface area contributed by atoms with Crippen LogP contribution in [0.4, 0.5) is 5.82 Å². The van der Waals surface area contributed by atoms with Gasteiger partial charge in [0.25, 0.3) is 11.8 Å². The van der Waals surface area contributed by atoms with Gasteiger partial charge in [0.15, 0.2) is 5.76 Å². The van der Waals surface area contributed by atoms with Crippen molar-refractivity contribution >= 4 is 33.6 Å². The number of piperazine rings is 1. The number of carbonyl (C=O) groups is 2. The van der Waals surface area contributed by atoms with Gasteiger partial charge >= 0.3 is 5.82 Å². The molecule has 160 valence electrons. The molecule has 4 rings (SSSR count). The van der Waals surface area contributed by atoms with E-state index in [9.17, 15) is 19.7 Å². The summed E-state index contributed by atoms with van der Waals surface area (Å²) in [4.78, 5) is 39.1. The minimum Gasteiger partial charge on any atom is -0.459 e. The first-order valence-electron chi connectivity index (χ1n) is 9.50. The Morgan fingerprint density at radius 3 is 2.42 bits per heavy atom. The third-order valence-corrected chi connectivity index (χ3v) is 5.54. The van der Waals surface area contributed by atoms with Crippen molar-refractivity contribution in [2.45, 2.75) is 6.54 Å². The number of rotatable bonds is 5. The van der Waals surface area contributed by atoms with Gasteiger partial charge in [0.1, 0.15) is 4.47 Å². The van der Waals surface area contributed by atoms with Crippen LogP contribution < -0.4 is 0 Å².